The van der Waals surface area contributed by atoms with Crippen molar-refractivity contribution in [3.8, 4) is 0 Å². The third kappa shape index (κ3) is 6.32. The second-order valence-electron chi connectivity index (χ2n) is 13.8. The Morgan fingerprint density at radius 1 is 1.13 bits per heavy atom. The van der Waals surface area contributed by atoms with Crippen LogP contribution < -0.4 is 16.0 Å². The molecule has 0 bridgehead atoms. The number of nitrogens with two attached hydrogens (primary N) is 1. The van der Waals surface area contributed by atoms with Crippen molar-refractivity contribution in [2.24, 2.45) is 28.5 Å². The van der Waals surface area contributed by atoms with Crippen LogP contribution >= 0.6 is 0 Å². The highest BCUT2D eigenvalue weighted by Gasteiger charge is 2.36. The average Bonchev–Trinajstić information content (AvgIpc) is 3.43. The summed E-state index contributed by atoms with van der Waals surface area (Å²) in [6.07, 6.45) is 4.64. The number of halogens is 2. The SMILES string of the molecule is CN=C/C(=C\N)c1cc2c(cc1C(F)F)N(c1nn(C3CCN(CC4C(C)CNCC4C)CC3)c3c1CN(C(C)=O)CC3)CCC2. The van der Waals surface area contributed by atoms with Crippen molar-refractivity contribution in [2.75, 3.05) is 57.8 Å². The fraction of sp³-hybridized carbons (Fsp3) is 0.629. The smallest absolute Gasteiger partial charge is 0.264 e. The number of piperidine rings is 2. The van der Waals surface area contributed by atoms with Gasteiger partial charge < -0.3 is 25.8 Å². The van der Waals surface area contributed by atoms with Crippen LogP contribution in [0.15, 0.2) is 23.3 Å². The molecule has 0 saturated carbocycles. The van der Waals surface area contributed by atoms with Crippen LogP contribution in [0.3, 0.4) is 0 Å². The minimum atomic E-state index is -2.68. The van der Waals surface area contributed by atoms with Gasteiger partial charge in [-0.25, -0.2) is 8.78 Å². The summed E-state index contributed by atoms with van der Waals surface area (Å²) in [5.74, 6) is 2.92. The summed E-state index contributed by atoms with van der Waals surface area (Å²) in [5.41, 5.74) is 10.7. The summed E-state index contributed by atoms with van der Waals surface area (Å²) in [6.45, 7) is 13.6. The number of anilines is 2. The van der Waals surface area contributed by atoms with Crippen molar-refractivity contribution < 1.29 is 13.6 Å². The van der Waals surface area contributed by atoms with E-state index in [-0.39, 0.29) is 17.5 Å². The highest BCUT2D eigenvalue weighted by molar-refractivity contribution is 6.10. The largest absolute Gasteiger partial charge is 0.404 e. The van der Waals surface area contributed by atoms with Gasteiger partial charge in [0.05, 0.1) is 12.6 Å². The number of hydrogen-bond donors (Lipinski definition) is 2. The molecule has 5 heterocycles. The van der Waals surface area contributed by atoms with Gasteiger partial charge in [0, 0.05) is 93.6 Å². The van der Waals surface area contributed by atoms with Crippen LogP contribution in [0.4, 0.5) is 20.3 Å². The van der Waals surface area contributed by atoms with Gasteiger partial charge in [0.15, 0.2) is 5.82 Å². The standard InChI is InChI=1S/C35H50F2N8O/c1-22-17-40-18-23(2)30(22)20-42-11-7-27(8-12-42)45-32-9-13-43(24(3)46)21-31(32)35(41-45)44-10-5-6-25-14-28(26(16-38)19-39-4)29(34(36)37)15-33(25)44/h14-16,19,22-23,27,30,34,40H,5-13,17-18,20-21,38H2,1-4H3/b26-16+,39-19?. The molecule has 46 heavy (non-hydrogen) atoms. The number of aliphatic imine (C=N–C) groups is 1. The number of allylic oxidation sites excluding steroid dienone is 1. The number of hydrogen-bond acceptors (Lipinski definition) is 7. The zero-order valence-corrected chi connectivity index (χ0v) is 27.8. The lowest BCUT2D eigenvalue weighted by molar-refractivity contribution is -0.129. The number of carbonyl (C=O) groups excluding carboxylic acids is 1. The molecule has 2 saturated heterocycles. The van der Waals surface area contributed by atoms with E-state index in [2.05, 4.69) is 38.6 Å². The van der Waals surface area contributed by atoms with Gasteiger partial charge in [0.1, 0.15) is 0 Å². The van der Waals surface area contributed by atoms with E-state index in [4.69, 9.17) is 10.8 Å². The van der Waals surface area contributed by atoms with Crippen molar-refractivity contribution in [3.63, 3.8) is 0 Å². The Balaban J connectivity index is 1.32. The molecular weight excluding hydrogens is 586 g/mol. The number of nitrogens with one attached hydrogen (secondary N) is 1. The number of amides is 1. The predicted octanol–water partition coefficient (Wildman–Crippen LogP) is 4.94. The van der Waals surface area contributed by atoms with Crippen molar-refractivity contribution in [1.29, 1.82) is 0 Å². The molecule has 2 aromatic rings. The highest BCUT2D eigenvalue weighted by atomic mass is 19.3. The molecule has 4 aliphatic heterocycles. The van der Waals surface area contributed by atoms with E-state index < -0.39 is 6.43 Å². The average molecular weight is 637 g/mol. The zero-order chi connectivity index (χ0) is 32.5. The normalized spacial score (nSPS) is 24.9. The molecule has 9 nitrogen and oxygen atoms in total. The number of rotatable bonds is 7. The molecule has 1 aromatic heterocycles. The first kappa shape index (κ1) is 32.6. The van der Waals surface area contributed by atoms with Crippen LogP contribution in [-0.2, 0) is 24.2 Å². The van der Waals surface area contributed by atoms with E-state index in [1.54, 1.807) is 20.0 Å². The number of aryl methyl sites for hydroxylation is 1. The number of alkyl halides is 2. The Kier molecular flexibility index (Phi) is 9.80. The molecule has 250 valence electrons. The number of aromatic nitrogens is 2. The molecule has 4 aliphatic rings. The van der Waals surface area contributed by atoms with Crippen LogP contribution in [0, 0.1) is 17.8 Å². The minimum Gasteiger partial charge on any atom is -0.404 e. The van der Waals surface area contributed by atoms with Crippen LogP contribution in [0.5, 0.6) is 0 Å². The predicted molar refractivity (Wildman–Crippen MR) is 180 cm³/mol. The second kappa shape index (κ2) is 13.8. The van der Waals surface area contributed by atoms with Crippen molar-refractivity contribution in [3.05, 3.63) is 46.3 Å². The maximum atomic E-state index is 14.5. The van der Waals surface area contributed by atoms with Crippen LogP contribution in [0.1, 0.15) is 80.4 Å². The molecule has 1 aromatic carbocycles. The summed E-state index contributed by atoms with van der Waals surface area (Å²) in [5, 5.41) is 8.88. The maximum Gasteiger partial charge on any atom is 0.264 e. The number of benzene rings is 1. The monoisotopic (exact) mass is 636 g/mol. The second-order valence-corrected chi connectivity index (χ2v) is 13.8. The molecular formula is C35H50F2N8O. The van der Waals surface area contributed by atoms with E-state index in [9.17, 15) is 13.6 Å². The molecule has 3 N–H and O–H groups in total. The molecule has 2 atom stereocenters. The Bertz CT molecular complexity index is 1470. The van der Waals surface area contributed by atoms with Gasteiger partial charge in [-0.05, 0) is 79.8 Å². The van der Waals surface area contributed by atoms with E-state index >= 15 is 0 Å². The van der Waals surface area contributed by atoms with Gasteiger partial charge in [-0.3, -0.25) is 14.5 Å². The fourth-order valence-corrected chi connectivity index (χ4v) is 8.26. The first-order chi connectivity index (χ1) is 22.2. The van der Waals surface area contributed by atoms with Crippen LogP contribution in [0.25, 0.3) is 5.57 Å². The molecule has 0 radical (unpaired) electrons. The maximum absolute atomic E-state index is 14.5. The fourth-order valence-electron chi connectivity index (χ4n) is 8.26. The molecule has 1 amide bonds. The molecule has 2 unspecified atom stereocenters. The number of fused-ring (bicyclic) bond motifs is 2. The van der Waals surface area contributed by atoms with Gasteiger partial charge in [-0.2, -0.15) is 5.10 Å². The van der Waals surface area contributed by atoms with E-state index in [1.807, 2.05) is 11.0 Å². The summed E-state index contributed by atoms with van der Waals surface area (Å²) in [7, 11) is 1.61. The van der Waals surface area contributed by atoms with Crippen molar-refractivity contribution in [1.82, 2.24) is 24.9 Å². The Labute approximate surface area is 271 Å². The lowest BCUT2D eigenvalue weighted by atomic mass is 9.80. The van der Waals surface area contributed by atoms with Gasteiger partial charge in [-0.15, -0.1) is 0 Å². The molecule has 6 rings (SSSR count). The number of carbonyl (C=O) groups is 1. The molecule has 0 spiro atoms. The lowest BCUT2D eigenvalue weighted by Gasteiger charge is -2.41. The van der Waals surface area contributed by atoms with Crippen molar-refractivity contribution in [2.45, 2.75) is 71.9 Å². The summed E-state index contributed by atoms with van der Waals surface area (Å²) in [4.78, 5) is 23.2. The van der Waals surface area contributed by atoms with Crippen molar-refractivity contribution >= 4 is 29.2 Å². The van der Waals surface area contributed by atoms with Gasteiger partial charge in [-0.1, -0.05) is 13.8 Å². The molecule has 0 aliphatic carbocycles. The topological polar surface area (TPSA) is 95.0 Å². The van der Waals surface area contributed by atoms with E-state index in [0.717, 1.165) is 87.5 Å². The van der Waals surface area contributed by atoms with Gasteiger partial charge in [0.2, 0.25) is 5.91 Å². The number of likely N-dealkylation sites (tertiary alicyclic amines) is 1. The lowest BCUT2D eigenvalue weighted by Crippen LogP contribution is -2.47. The van der Waals surface area contributed by atoms with E-state index in [0.29, 0.717) is 48.5 Å². The summed E-state index contributed by atoms with van der Waals surface area (Å²) >= 11 is 0. The third-order valence-electron chi connectivity index (χ3n) is 10.9. The first-order valence-corrected chi connectivity index (χ1v) is 17.1. The van der Waals surface area contributed by atoms with Gasteiger partial charge in [0.25, 0.3) is 6.43 Å². The minimum absolute atomic E-state index is 0.0430. The van der Waals surface area contributed by atoms with Crippen LogP contribution in [-0.4, -0.2) is 84.6 Å². The number of nitrogens with zero attached hydrogens (tertiary/aromatic N) is 6. The van der Waals surface area contributed by atoms with E-state index in [1.165, 1.54) is 18.1 Å². The molecule has 11 heteroatoms. The summed E-state index contributed by atoms with van der Waals surface area (Å²) < 4.78 is 31.3. The summed E-state index contributed by atoms with van der Waals surface area (Å²) in [6, 6.07) is 3.76. The van der Waals surface area contributed by atoms with Crippen LogP contribution in [0.2, 0.25) is 0 Å². The quantitative estimate of drug-likeness (QED) is 0.419. The Hall–Kier alpha value is -3.31. The van der Waals surface area contributed by atoms with Gasteiger partial charge >= 0.3 is 0 Å². The molecule has 2 fully saturated rings. The third-order valence-corrected chi connectivity index (χ3v) is 10.9. The Morgan fingerprint density at radius 2 is 1.87 bits per heavy atom. The highest BCUT2D eigenvalue weighted by Crippen LogP contribution is 2.43. The Morgan fingerprint density at radius 3 is 2.52 bits per heavy atom. The first-order valence-electron chi connectivity index (χ1n) is 17.1. The zero-order valence-electron chi connectivity index (χ0n) is 27.8.